The molecule has 10 heteroatoms. The Balaban J connectivity index is 0.998. The molecule has 0 aliphatic heterocycles. The second-order valence-corrected chi connectivity index (χ2v) is 16.6. The van der Waals surface area contributed by atoms with E-state index in [0.29, 0.717) is 49.3 Å². The summed E-state index contributed by atoms with van der Waals surface area (Å²) in [7, 11) is 5.07. The number of benzene rings is 3. The third kappa shape index (κ3) is 7.05. The summed E-state index contributed by atoms with van der Waals surface area (Å²) in [6.45, 7) is 2.71. The Morgan fingerprint density at radius 2 is 1.67 bits per heavy atom. The van der Waals surface area contributed by atoms with Crippen molar-refractivity contribution in [2.45, 2.75) is 82.6 Å². The van der Waals surface area contributed by atoms with E-state index in [9.17, 15) is 14.4 Å². The molecule has 52 heavy (non-hydrogen) atoms. The van der Waals surface area contributed by atoms with Gasteiger partial charge in [0.05, 0.1) is 45.3 Å². The summed E-state index contributed by atoms with van der Waals surface area (Å²) < 4.78 is 24.7. The molecule has 1 N–H and O–H groups in total. The van der Waals surface area contributed by atoms with E-state index in [-0.39, 0.29) is 59.9 Å². The van der Waals surface area contributed by atoms with Gasteiger partial charge in [-0.2, -0.15) is 0 Å². The molecule has 7 rings (SSSR count). The average Bonchev–Trinajstić information content (AvgIpc) is 3.77. The monoisotopic (exact) mass is 820 g/mol. The minimum atomic E-state index is -0.596. The van der Waals surface area contributed by atoms with Crippen molar-refractivity contribution in [2.24, 2.45) is 23.2 Å². The molecule has 3 aromatic rings. The van der Waals surface area contributed by atoms with Crippen molar-refractivity contribution in [1.29, 1.82) is 0 Å². The molecule has 4 aliphatic rings. The fourth-order valence-corrected chi connectivity index (χ4v) is 9.38. The zero-order valence-corrected chi connectivity index (χ0v) is 32.6. The first-order valence-corrected chi connectivity index (χ1v) is 19.6. The van der Waals surface area contributed by atoms with Gasteiger partial charge in [-0.05, 0) is 121 Å². The number of amides is 2. The van der Waals surface area contributed by atoms with Gasteiger partial charge >= 0.3 is 5.97 Å². The Morgan fingerprint density at radius 3 is 2.38 bits per heavy atom. The van der Waals surface area contributed by atoms with Crippen molar-refractivity contribution in [3.63, 3.8) is 0 Å². The maximum atomic E-state index is 14.3. The van der Waals surface area contributed by atoms with Crippen LogP contribution in [0.4, 0.5) is 0 Å². The van der Waals surface area contributed by atoms with Gasteiger partial charge < -0.3 is 29.2 Å². The molecule has 2 bridgehead atoms. The first-order valence-electron chi connectivity index (χ1n) is 18.5. The largest absolute Gasteiger partial charge is 0.496 e. The molecule has 3 aromatic carbocycles. The van der Waals surface area contributed by atoms with E-state index in [4.69, 9.17) is 18.9 Å². The summed E-state index contributed by atoms with van der Waals surface area (Å²) in [5.74, 6) is 0.523. The van der Waals surface area contributed by atoms with Crippen LogP contribution in [0.15, 0.2) is 66.7 Å². The van der Waals surface area contributed by atoms with Gasteiger partial charge in [-0.25, -0.2) is 0 Å². The van der Waals surface area contributed by atoms with Crippen LogP contribution in [-0.4, -0.2) is 68.2 Å². The van der Waals surface area contributed by atoms with E-state index in [1.54, 1.807) is 32.2 Å². The Hall–Kier alpha value is -3.64. The molecule has 0 heterocycles. The highest BCUT2D eigenvalue weighted by atomic mass is 127. The maximum absolute atomic E-state index is 14.3. The van der Waals surface area contributed by atoms with Gasteiger partial charge in [-0.15, -0.1) is 0 Å². The van der Waals surface area contributed by atoms with Crippen molar-refractivity contribution >= 4 is 51.1 Å². The summed E-state index contributed by atoms with van der Waals surface area (Å²) in [5, 5.41) is 5.39. The van der Waals surface area contributed by atoms with Crippen LogP contribution in [-0.2, 0) is 25.7 Å². The van der Waals surface area contributed by atoms with E-state index in [2.05, 4.69) is 58.3 Å². The number of nitrogens with zero attached hydrogens (tertiary/aromatic N) is 1. The highest BCUT2D eigenvalue weighted by molar-refractivity contribution is 14.1. The van der Waals surface area contributed by atoms with Gasteiger partial charge in [0.1, 0.15) is 18.1 Å². The van der Waals surface area contributed by atoms with E-state index < -0.39 is 5.41 Å². The van der Waals surface area contributed by atoms with Gasteiger partial charge in [-0.3, -0.25) is 14.4 Å². The number of halogens is 1. The molecule has 0 aromatic heterocycles. The molecule has 276 valence electrons. The average molecular weight is 821 g/mol. The van der Waals surface area contributed by atoms with Gasteiger partial charge in [0, 0.05) is 20.7 Å². The summed E-state index contributed by atoms with van der Waals surface area (Å²) in [4.78, 5) is 43.1. The number of carbonyl (C=O) groups excluding carboxylic acids is 3. The lowest BCUT2D eigenvalue weighted by atomic mass is 9.74. The van der Waals surface area contributed by atoms with E-state index in [1.165, 1.54) is 0 Å². The Labute approximate surface area is 319 Å². The summed E-state index contributed by atoms with van der Waals surface area (Å²) in [5.41, 5.74) is 0.527. The molecule has 0 saturated heterocycles. The van der Waals surface area contributed by atoms with Crippen LogP contribution in [0.1, 0.15) is 74.2 Å². The molecule has 4 atom stereocenters. The number of esters is 1. The van der Waals surface area contributed by atoms with Crippen LogP contribution >= 0.6 is 22.6 Å². The van der Waals surface area contributed by atoms with Crippen LogP contribution in [0.2, 0.25) is 0 Å². The normalized spacial score (nSPS) is 27.1. The summed E-state index contributed by atoms with van der Waals surface area (Å²) in [6.07, 6.45) is 10.7. The minimum absolute atomic E-state index is 0.0230. The topological polar surface area (TPSA) is 103 Å². The Bertz CT molecular complexity index is 1850. The lowest BCUT2D eigenvalue weighted by Crippen LogP contribution is -2.54. The Morgan fingerprint density at radius 1 is 0.942 bits per heavy atom. The van der Waals surface area contributed by atoms with Crippen molar-refractivity contribution in [3.8, 4) is 11.5 Å². The van der Waals surface area contributed by atoms with Gasteiger partial charge in [0.15, 0.2) is 0 Å². The molecule has 2 amide bonds. The van der Waals surface area contributed by atoms with E-state index in [0.717, 1.165) is 45.6 Å². The fourth-order valence-electron chi connectivity index (χ4n) is 8.82. The maximum Gasteiger partial charge on any atom is 0.312 e. The molecule has 0 radical (unpaired) electrons. The van der Waals surface area contributed by atoms with Crippen molar-refractivity contribution in [2.75, 3.05) is 27.8 Å². The molecule has 4 aliphatic carbocycles. The lowest BCUT2D eigenvalue weighted by Gasteiger charge is -2.41. The minimum Gasteiger partial charge on any atom is -0.496 e. The molecule has 9 nitrogen and oxygen atoms in total. The predicted octanol–water partition coefficient (Wildman–Crippen LogP) is 7.47. The zero-order valence-electron chi connectivity index (χ0n) is 30.5. The van der Waals surface area contributed by atoms with E-state index >= 15 is 0 Å². The van der Waals surface area contributed by atoms with E-state index in [1.807, 2.05) is 37.3 Å². The lowest BCUT2D eigenvalue weighted by molar-refractivity contribution is -0.159. The van der Waals surface area contributed by atoms with Crippen molar-refractivity contribution < 1.29 is 33.3 Å². The number of rotatable bonds is 12. The molecule has 0 unspecified atom stereocenters. The second-order valence-electron chi connectivity index (χ2n) is 15.4. The number of hydrogen-bond donors (Lipinski definition) is 1. The Kier molecular flexibility index (Phi) is 10.6. The first kappa shape index (κ1) is 36.7. The van der Waals surface area contributed by atoms with Crippen LogP contribution in [0.3, 0.4) is 0 Å². The summed E-state index contributed by atoms with van der Waals surface area (Å²) in [6, 6.07) is 17.5. The number of methoxy groups -OCH3 is 2. The van der Waals surface area contributed by atoms with Crippen LogP contribution in [0, 0.1) is 26.7 Å². The second kappa shape index (κ2) is 15.0. The van der Waals surface area contributed by atoms with Crippen LogP contribution < -0.4 is 14.8 Å². The molecular formula is C42H49IN2O7. The SMILES string of the molecule is COc1cc(I)c(OC2CCC(C)(C(=O)OCc3cccc4ccccc34)CC2)cc1C(=O)N(C)[C@H]1[C@@H](C(=O)NCC2(OC)CCC2)[C@@H]2C=C[C@H]1C2. The molecule has 3 fully saturated rings. The van der Waals surface area contributed by atoms with Crippen molar-refractivity contribution in [1.82, 2.24) is 10.2 Å². The number of ether oxygens (including phenoxy) is 4. The third-order valence-corrected chi connectivity index (χ3v) is 13.2. The van der Waals surface area contributed by atoms with Gasteiger partial charge in [-0.1, -0.05) is 54.6 Å². The number of fused-ring (bicyclic) bond motifs is 3. The number of nitrogens with one attached hydrogen (secondary N) is 1. The number of carbonyl (C=O) groups is 3. The number of allylic oxidation sites excluding steroid dienone is 1. The first-order chi connectivity index (χ1) is 25.0. The molecule has 3 saturated carbocycles. The predicted molar refractivity (Wildman–Crippen MR) is 207 cm³/mol. The van der Waals surface area contributed by atoms with Gasteiger partial charge in [0.25, 0.3) is 5.91 Å². The smallest absolute Gasteiger partial charge is 0.312 e. The van der Waals surface area contributed by atoms with Crippen LogP contribution in [0.5, 0.6) is 11.5 Å². The molecule has 0 spiro atoms. The molecular weight excluding hydrogens is 771 g/mol. The highest BCUT2D eigenvalue weighted by Crippen LogP contribution is 2.47. The summed E-state index contributed by atoms with van der Waals surface area (Å²) >= 11 is 2.22. The highest BCUT2D eigenvalue weighted by Gasteiger charge is 2.51. The standard InChI is InChI=1S/C42H49IN2O7/c1-41(40(48)51-24-29-11-7-10-26-9-5-6-12-31(26)29)19-15-30(16-20-41)52-35-22-32(34(49-3)23-33(35)43)39(47)45(2)37-28-14-13-27(21-28)36(37)38(46)44-25-42(50-4)17-8-18-42/h5-7,9-14,22-23,27-28,30,36-37H,8,15-21,24-25H2,1-4H3,(H,44,46)/t27-,28+,30?,36+,37-,41?/m1/s1. The van der Waals surface area contributed by atoms with Crippen molar-refractivity contribution in [3.05, 3.63) is 81.4 Å². The quantitative estimate of drug-likeness (QED) is 0.115. The van der Waals surface area contributed by atoms with Crippen LogP contribution in [0.25, 0.3) is 10.8 Å². The zero-order chi connectivity index (χ0) is 36.6. The fraction of sp³-hybridized carbons (Fsp3) is 0.500. The number of hydrogen-bond acceptors (Lipinski definition) is 7. The van der Waals surface area contributed by atoms with Gasteiger partial charge in [0.2, 0.25) is 5.91 Å². The third-order valence-electron chi connectivity index (χ3n) is 12.3.